The summed E-state index contributed by atoms with van der Waals surface area (Å²) in [4.78, 5) is 11.8. The molecule has 0 aliphatic heterocycles. The highest BCUT2D eigenvalue weighted by Crippen LogP contribution is 2.36. The van der Waals surface area contributed by atoms with Crippen molar-refractivity contribution in [2.45, 2.75) is 25.7 Å². The number of aliphatic hydroxyl groups is 1. The monoisotopic (exact) mass is 288 g/mol. The number of nitriles is 1. The summed E-state index contributed by atoms with van der Waals surface area (Å²) in [6.45, 7) is 0.456. The lowest BCUT2D eigenvalue weighted by molar-refractivity contribution is -0.123. The third-order valence-electron chi connectivity index (χ3n) is 4.03. The molecule has 0 unspecified atom stereocenters. The number of para-hydroxylation sites is 1. The van der Waals surface area contributed by atoms with Gasteiger partial charge in [0.05, 0.1) is 12.2 Å². The Morgan fingerprint density at radius 3 is 2.76 bits per heavy atom. The zero-order valence-electron chi connectivity index (χ0n) is 12.0. The minimum atomic E-state index is -0.234. The molecule has 5 nitrogen and oxygen atoms in total. The second kappa shape index (κ2) is 7.09. The number of aliphatic hydroxyl groups excluding tert-OH is 1. The summed E-state index contributed by atoms with van der Waals surface area (Å²) in [5.74, 6) is 0.176. The van der Waals surface area contributed by atoms with Crippen LogP contribution in [0.2, 0.25) is 0 Å². The molecule has 1 aliphatic rings. The first-order valence-corrected chi connectivity index (χ1v) is 7.19. The molecule has 5 heteroatoms. The number of nitrogens with one attached hydrogen (secondary N) is 1. The smallest absolute Gasteiger partial charge is 0.257 e. The van der Waals surface area contributed by atoms with Gasteiger partial charge in [-0.2, -0.15) is 5.26 Å². The minimum Gasteiger partial charge on any atom is -0.482 e. The van der Waals surface area contributed by atoms with Crippen molar-refractivity contribution in [2.24, 2.45) is 5.41 Å². The van der Waals surface area contributed by atoms with Crippen LogP contribution in [0.4, 0.5) is 0 Å². The molecule has 0 aromatic heterocycles. The van der Waals surface area contributed by atoms with Gasteiger partial charge in [-0.05, 0) is 25.0 Å². The van der Waals surface area contributed by atoms with Crippen molar-refractivity contribution in [3.63, 3.8) is 0 Å². The van der Waals surface area contributed by atoms with Crippen LogP contribution in [0, 0.1) is 16.7 Å². The molecule has 2 N–H and O–H groups in total. The molecular weight excluding hydrogens is 268 g/mol. The van der Waals surface area contributed by atoms with Crippen molar-refractivity contribution in [1.82, 2.24) is 5.32 Å². The maximum atomic E-state index is 11.8. The molecule has 1 aromatic carbocycles. The lowest BCUT2D eigenvalue weighted by Crippen LogP contribution is -2.40. The number of ether oxygens (including phenoxy) is 1. The van der Waals surface area contributed by atoms with Crippen LogP contribution in [-0.2, 0) is 4.79 Å². The molecule has 0 atom stereocenters. The maximum absolute atomic E-state index is 11.8. The van der Waals surface area contributed by atoms with Crippen LogP contribution in [0.15, 0.2) is 24.3 Å². The normalized spacial score (nSPS) is 16.2. The summed E-state index contributed by atoms with van der Waals surface area (Å²) in [6.07, 6.45) is 4.09. The number of amides is 1. The van der Waals surface area contributed by atoms with E-state index in [0.717, 1.165) is 25.7 Å². The molecule has 0 heterocycles. The summed E-state index contributed by atoms with van der Waals surface area (Å²) >= 11 is 0. The molecule has 1 amide bonds. The van der Waals surface area contributed by atoms with Gasteiger partial charge in [-0.3, -0.25) is 4.79 Å². The first-order chi connectivity index (χ1) is 10.2. The van der Waals surface area contributed by atoms with Crippen LogP contribution in [0.5, 0.6) is 5.75 Å². The maximum Gasteiger partial charge on any atom is 0.257 e. The highest BCUT2D eigenvalue weighted by molar-refractivity contribution is 5.77. The Morgan fingerprint density at radius 1 is 1.38 bits per heavy atom. The van der Waals surface area contributed by atoms with E-state index >= 15 is 0 Å². The van der Waals surface area contributed by atoms with Crippen molar-refractivity contribution in [2.75, 3.05) is 19.8 Å². The third kappa shape index (κ3) is 3.96. The van der Waals surface area contributed by atoms with Gasteiger partial charge in [0, 0.05) is 12.0 Å². The molecule has 0 saturated heterocycles. The first-order valence-electron chi connectivity index (χ1n) is 7.19. The molecule has 21 heavy (non-hydrogen) atoms. The largest absolute Gasteiger partial charge is 0.482 e. The van der Waals surface area contributed by atoms with E-state index in [1.807, 2.05) is 6.07 Å². The van der Waals surface area contributed by atoms with Gasteiger partial charge in [0.1, 0.15) is 11.8 Å². The van der Waals surface area contributed by atoms with Crippen molar-refractivity contribution in [3.05, 3.63) is 29.8 Å². The molecule has 1 aromatic rings. The summed E-state index contributed by atoms with van der Waals surface area (Å²) in [6, 6.07) is 8.84. The number of nitrogens with zero attached hydrogens (tertiary/aromatic N) is 1. The van der Waals surface area contributed by atoms with Gasteiger partial charge in [0.25, 0.3) is 5.91 Å². The Bertz CT molecular complexity index is 531. The number of hydrogen-bond acceptors (Lipinski definition) is 4. The summed E-state index contributed by atoms with van der Waals surface area (Å²) in [5.41, 5.74) is 0.244. The summed E-state index contributed by atoms with van der Waals surface area (Å²) < 4.78 is 5.37. The van der Waals surface area contributed by atoms with E-state index in [1.54, 1.807) is 24.3 Å². The minimum absolute atomic E-state index is 0.103. The molecule has 0 bridgehead atoms. The molecule has 0 spiro atoms. The number of benzene rings is 1. The molecule has 112 valence electrons. The Labute approximate surface area is 124 Å². The first kappa shape index (κ1) is 15.3. The number of carbonyl (C=O) groups excluding carboxylic acids is 1. The van der Waals surface area contributed by atoms with E-state index in [2.05, 4.69) is 5.32 Å². The summed E-state index contributed by atoms with van der Waals surface area (Å²) in [5, 5.41) is 21.2. The SMILES string of the molecule is N#Cc1ccccc1OCC(=O)NCC1(CO)CCCC1. The quantitative estimate of drug-likeness (QED) is 0.833. The molecule has 1 aliphatic carbocycles. The van der Waals surface area contributed by atoms with Crippen molar-refractivity contribution in [1.29, 1.82) is 5.26 Å². The fourth-order valence-electron chi connectivity index (χ4n) is 2.68. The highest BCUT2D eigenvalue weighted by atomic mass is 16.5. The fourth-order valence-corrected chi connectivity index (χ4v) is 2.68. The Morgan fingerprint density at radius 2 is 2.10 bits per heavy atom. The van der Waals surface area contributed by atoms with Gasteiger partial charge in [-0.25, -0.2) is 0 Å². The lowest BCUT2D eigenvalue weighted by atomic mass is 9.87. The Kier molecular flexibility index (Phi) is 5.18. The van der Waals surface area contributed by atoms with Crippen LogP contribution in [0.25, 0.3) is 0 Å². The van der Waals surface area contributed by atoms with E-state index in [-0.39, 0.29) is 24.5 Å². The second-order valence-electron chi connectivity index (χ2n) is 5.54. The van der Waals surface area contributed by atoms with Crippen LogP contribution < -0.4 is 10.1 Å². The van der Waals surface area contributed by atoms with Gasteiger partial charge >= 0.3 is 0 Å². The molecule has 0 radical (unpaired) electrons. The number of rotatable bonds is 6. The zero-order chi connectivity index (χ0) is 15.1. The molecule has 1 fully saturated rings. The number of carbonyl (C=O) groups is 1. The van der Waals surface area contributed by atoms with E-state index in [1.165, 1.54) is 0 Å². The van der Waals surface area contributed by atoms with Crippen LogP contribution in [0.3, 0.4) is 0 Å². The number of hydrogen-bond donors (Lipinski definition) is 2. The van der Waals surface area contributed by atoms with E-state index < -0.39 is 0 Å². The zero-order valence-corrected chi connectivity index (χ0v) is 12.0. The molecule has 2 rings (SSSR count). The Hall–Kier alpha value is -2.06. The van der Waals surface area contributed by atoms with Gasteiger partial charge in [0.15, 0.2) is 6.61 Å². The predicted molar refractivity (Wildman–Crippen MR) is 77.6 cm³/mol. The van der Waals surface area contributed by atoms with Crippen molar-refractivity contribution < 1.29 is 14.6 Å². The van der Waals surface area contributed by atoms with Crippen LogP contribution in [0.1, 0.15) is 31.2 Å². The second-order valence-corrected chi connectivity index (χ2v) is 5.54. The topological polar surface area (TPSA) is 82.3 Å². The van der Waals surface area contributed by atoms with E-state index in [0.29, 0.717) is 17.9 Å². The van der Waals surface area contributed by atoms with E-state index in [4.69, 9.17) is 10.00 Å². The standard InChI is InChI=1S/C16H20N2O3/c17-9-13-5-1-2-6-14(13)21-10-15(20)18-11-16(12-19)7-3-4-8-16/h1-2,5-6,19H,3-4,7-8,10-12H2,(H,18,20). The fraction of sp³-hybridized carbons (Fsp3) is 0.500. The highest BCUT2D eigenvalue weighted by Gasteiger charge is 2.33. The van der Waals surface area contributed by atoms with Crippen LogP contribution in [-0.4, -0.2) is 30.8 Å². The van der Waals surface area contributed by atoms with Crippen molar-refractivity contribution in [3.8, 4) is 11.8 Å². The molecule has 1 saturated carbocycles. The predicted octanol–water partition coefficient (Wildman–Crippen LogP) is 1.61. The van der Waals surface area contributed by atoms with E-state index in [9.17, 15) is 9.90 Å². The molecular formula is C16H20N2O3. The average molecular weight is 288 g/mol. The third-order valence-corrected chi connectivity index (χ3v) is 4.03. The van der Waals surface area contributed by atoms with Gasteiger partial charge in [-0.1, -0.05) is 25.0 Å². The summed E-state index contributed by atoms with van der Waals surface area (Å²) in [7, 11) is 0. The van der Waals surface area contributed by atoms with Gasteiger partial charge < -0.3 is 15.2 Å². The van der Waals surface area contributed by atoms with Gasteiger partial charge in [0.2, 0.25) is 0 Å². The van der Waals surface area contributed by atoms with Crippen LogP contribution >= 0.6 is 0 Å². The lowest BCUT2D eigenvalue weighted by Gasteiger charge is -2.26. The average Bonchev–Trinajstić information content (AvgIpc) is 3.00. The van der Waals surface area contributed by atoms with Crippen molar-refractivity contribution >= 4 is 5.91 Å². The Balaban J connectivity index is 1.81. The van der Waals surface area contributed by atoms with Gasteiger partial charge in [-0.15, -0.1) is 0 Å².